The number of para-hydroxylation sites is 1. The fourth-order valence-electron chi connectivity index (χ4n) is 2.96. The van der Waals surface area contributed by atoms with E-state index in [4.69, 9.17) is 9.47 Å². The first-order valence-electron chi connectivity index (χ1n) is 8.72. The first kappa shape index (κ1) is 17.8. The van der Waals surface area contributed by atoms with Gasteiger partial charge in [0.25, 0.3) is 5.91 Å². The predicted octanol–water partition coefficient (Wildman–Crippen LogP) is 3.97. The van der Waals surface area contributed by atoms with E-state index in [9.17, 15) is 9.18 Å². The molecule has 1 N–H and O–H groups in total. The average Bonchev–Trinajstić information content (AvgIpc) is 3.17. The zero-order valence-electron chi connectivity index (χ0n) is 15.2. The minimum absolute atomic E-state index is 0.203. The summed E-state index contributed by atoms with van der Waals surface area (Å²) in [5.74, 6) is 1.02. The minimum Gasteiger partial charge on any atom is -0.454 e. The van der Waals surface area contributed by atoms with Crippen LogP contribution in [0.1, 0.15) is 15.9 Å². The zero-order chi connectivity index (χ0) is 19.5. The molecule has 2 aromatic carbocycles. The van der Waals surface area contributed by atoms with Crippen LogP contribution in [0.4, 0.5) is 15.9 Å². The summed E-state index contributed by atoms with van der Waals surface area (Å²) in [7, 11) is 1.70. The van der Waals surface area contributed by atoms with E-state index in [2.05, 4.69) is 10.3 Å². The van der Waals surface area contributed by atoms with Crippen LogP contribution in [0, 0.1) is 5.82 Å². The lowest BCUT2D eigenvalue weighted by Gasteiger charge is -2.19. The van der Waals surface area contributed by atoms with Crippen LogP contribution in [-0.4, -0.2) is 29.6 Å². The summed E-state index contributed by atoms with van der Waals surface area (Å²) in [6, 6.07) is 15.2. The third-order valence-corrected chi connectivity index (χ3v) is 4.37. The number of amides is 1. The maximum atomic E-state index is 14.0. The summed E-state index contributed by atoms with van der Waals surface area (Å²) in [4.78, 5) is 18.8. The van der Waals surface area contributed by atoms with Gasteiger partial charge in [0.05, 0.1) is 11.3 Å². The Morgan fingerprint density at radius 2 is 1.96 bits per heavy atom. The Labute approximate surface area is 161 Å². The molecule has 0 atom stereocenters. The van der Waals surface area contributed by atoms with Crippen molar-refractivity contribution in [1.29, 1.82) is 0 Å². The van der Waals surface area contributed by atoms with Gasteiger partial charge in [0, 0.05) is 19.8 Å². The van der Waals surface area contributed by atoms with Crippen LogP contribution >= 0.6 is 0 Å². The molecule has 2 heterocycles. The van der Waals surface area contributed by atoms with E-state index in [1.807, 2.05) is 18.2 Å². The van der Waals surface area contributed by atoms with E-state index < -0.39 is 5.82 Å². The number of nitrogens with one attached hydrogen (secondary N) is 1. The molecule has 0 spiro atoms. The van der Waals surface area contributed by atoms with E-state index >= 15 is 0 Å². The van der Waals surface area contributed by atoms with Crippen LogP contribution in [-0.2, 0) is 6.54 Å². The van der Waals surface area contributed by atoms with Crippen LogP contribution < -0.4 is 14.8 Å². The number of hydrogen-bond acceptors (Lipinski definition) is 5. The number of ether oxygens (including phenoxy) is 2. The molecule has 6 nitrogen and oxygen atoms in total. The first-order valence-corrected chi connectivity index (χ1v) is 8.72. The summed E-state index contributed by atoms with van der Waals surface area (Å²) < 4.78 is 24.6. The van der Waals surface area contributed by atoms with E-state index in [-0.39, 0.29) is 18.4 Å². The number of hydrogen-bond donors (Lipinski definition) is 1. The Morgan fingerprint density at radius 1 is 1.14 bits per heavy atom. The monoisotopic (exact) mass is 379 g/mol. The Kier molecular flexibility index (Phi) is 4.80. The molecule has 1 aliphatic rings. The Bertz CT molecular complexity index is 1030. The lowest BCUT2D eigenvalue weighted by atomic mass is 10.1. The van der Waals surface area contributed by atoms with Crippen molar-refractivity contribution in [3.8, 4) is 11.5 Å². The van der Waals surface area contributed by atoms with Gasteiger partial charge in [-0.05, 0) is 42.0 Å². The Balaban J connectivity index is 1.53. The fourth-order valence-corrected chi connectivity index (χ4v) is 2.96. The molecule has 0 radical (unpaired) electrons. The number of carbonyl (C=O) groups excluding carboxylic acids is 1. The molecule has 0 unspecified atom stereocenters. The lowest BCUT2D eigenvalue weighted by molar-refractivity contribution is 0.0785. The maximum Gasteiger partial charge on any atom is 0.257 e. The highest BCUT2D eigenvalue weighted by atomic mass is 19.1. The first-order chi connectivity index (χ1) is 13.6. The summed E-state index contributed by atoms with van der Waals surface area (Å²) in [5.41, 5.74) is 1.52. The van der Waals surface area contributed by atoms with Gasteiger partial charge in [-0.3, -0.25) is 4.79 Å². The van der Waals surface area contributed by atoms with Crippen molar-refractivity contribution >= 4 is 17.4 Å². The Hall–Kier alpha value is -3.61. The molecule has 28 heavy (non-hydrogen) atoms. The molecular formula is C21H18FN3O3. The van der Waals surface area contributed by atoms with Crippen molar-refractivity contribution in [1.82, 2.24) is 9.88 Å². The average molecular weight is 379 g/mol. The van der Waals surface area contributed by atoms with E-state index in [1.54, 1.807) is 48.5 Å². The van der Waals surface area contributed by atoms with Gasteiger partial charge in [-0.1, -0.05) is 18.2 Å². The van der Waals surface area contributed by atoms with Crippen LogP contribution in [0.5, 0.6) is 11.5 Å². The quantitative estimate of drug-likeness (QED) is 0.727. The van der Waals surface area contributed by atoms with Gasteiger partial charge in [-0.25, -0.2) is 9.37 Å². The maximum absolute atomic E-state index is 14.0. The van der Waals surface area contributed by atoms with Gasteiger partial charge in [-0.15, -0.1) is 0 Å². The molecule has 0 saturated carbocycles. The largest absolute Gasteiger partial charge is 0.454 e. The summed E-state index contributed by atoms with van der Waals surface area (Å²) in [6.45, 7) is 0.581. The number of halogens is 1. The molecule has 1 aromatic heterocycles. The second-order valence-corrected chi connectivity index (χ2v) is 6.35. The SMILES string of the molecule is CN(Cc1ccc2c(c1)OCO2)C(=O)c1cccnc1Nc1ccccc1F. The number of pyridine rings is 1. The number of anilines is 2. The molecule has 1 amide bonds. The topological polar surface area (TPSA) is 63.7 Å². The molecule has 0 aliphatic carbocycles. The van der Waals surface area contributed by atoms with Gasteiger partial charge in [0.15, 0.2) is 11.5 Å². The predicted molar refractivity (Wildman–Crippen MR) is 102 cm³/mol. The van der Waals surface area contributed by atoms with Gasteiger partial charge in [0.2, 0.25) is 6.79 Å². The van der Waals surface area contributed by atoms with Gasteiger partial charge >= 0.3 is 0 Å². The number of nitrogens with zero attached hydrogens (tertiary/aromatic N) is 2. The van der Waals surface area contributed by atoms with Crippen LogP contribution in [0.15, 0.2) is 60.8 Å². The molecule has 0 bridgehead atoms. The van der Waals surface area contributed by atoms with Crippen molar-refractivity contribution in [3.05, 3.63) is 77.7 Å². The van der Waals surface area contributed by atoms with Crippen molar-refractivity contribution in [3.63, 3.8) is 0 Å². The number of aromatic nitrogens is 1. The third-order valence-electron chi connectivity index (χ3n) is 4.37. The van der Waals surface area contributed by atoms with Crippen molar-refractivity contribution in [2.24, 2.45) is 0 Å². The Morgan fingerprint density at radius 3 is 2.82 bits per heavy atom. The van der Waals surface area contributed by atoms with E-state index in [0.717, 1.165) is 5.56 Å². The third kappa shape index (κ3) is 3.59. The minimum atomic E-state index is -0.416. The molecule has 4 rings (SSSR count). The van der Waals surface area contributed by atoms with Crippen LogP contribution in [0.2, 0.25) is 0 Å². The smallest absolute Gasteiger partial charge is 0.257 e. The summed E-state index contributed by atoms with van der Waals surface area (Å²) in [5, 5.41) is 2.90. The normalized spacial score (nSPS) is 11.9. The lowest BCUT2D eigenvalue weighted by Crippen LogP contribution is -2.27. The highest BCUT2D eigenvalue weighted by Crippen LogP contribution is 2.33. The summed E-state index contributed by atoms with van der Waals surface area (Å²) in [6.07, 6.45) is 1.55. The van der Waals surface area contributed by atoms with Crippen molar-refractivity contribution < 1.29 is 18.7 Å². The summed E-state index contributed by atoms with van der Waals surface area (Å²) >= 11 is 0. The standard InChI is InChI=1S/C21H18FN3O3/c1-25(12-14-8-9-18-19(11-14)28-13-27-18)21(26)15-5-4-10-23-20(15)24-17-7-3-2-6-16(17)22/h2-11H,12-13H2,1H3,(H,23,24). The van der Waals surface area contributed by atoms with Crippen LogP contribution in [0.25, 0.3) is 0 Å². The molecule has 3 aromatic rings. The van der Waals surface area contributed by atoms with E-state index in [1.165, 1.54) is 6.07 Å². The highest BCUT2D eigenvalue weighted by Gasteiger charge is 2.19. The van der Waals surface area contributed by atoms with Gasteiger partial charge in [-0.2, -0.15) is 0 Å². The molecule has 1 aliphatic heterocycles. The van der Waals surface area contributed by atoms with Crippen LogP contribution in [0.3, 0.4) is 0 Å². The van der Waals surface area contributed by atoms with Gasteiger partial charge in [0.1, 0.15) is 11.6 Å². The fraction of sp³-hybridized carbons (Fsp3) is 0.143. The van der Waals surface area contributed by atoms with Gasteiger partial charge < -0.3 is 19.7 Å². The molecule has 0 fully saturated rings. The van der Waals surface area contributed by atoms with E-state index in [0.29, 0.717) is 29.4 Å². The molecule has 7 heteroatoms. The second-order valence-electron chi connectivity index (χ2n) is 6.35. The number of fused-ring (bicyclic) bond motifs is 1. The highest BCUT2D eigenvalue weighted by molar-refractivity contribution is 5.99. The number of carbonyl (C=O) groups is 1. The molecular weight excluding hydrogens is 361 g/mol. The number of benzene rings is 2. The second kappa shape index (κ2) is 7.56. The van der Waals surface area contributed by atoms with Crippen molar-refractivity contribution in [2.75, 3.05) is 19.2 Å². The van der Waals surface area contributed by atoms with Crippen molar-refractivity contribution in [2.45, 2.75) is 6.54 Å². The molecule has 142 valence electrons. The molecule has 0 saturated heterocycles. The number of rotatable bonds is 5. The zero-order valence-corrected chi connectivity index (χ0v) is 15.2.